The minimum atomic E-state index is -5.87. The topological polar surface area (TPSA) is 55.4 Å². The van der Waals surface area contributed by atoms with Crippen molar-refractivity contribution in [3.05, 3.63) is 12.7 Å². The fraction of sp³-hybridized carbons (Fsp3) is 0.333. The summed E-state index contributed by atoms with van der Waals surface area (Å²) in [5.41, 5.74) is 0. The summed E-state index contributed by atoms with van der Waals surface area (Å²) < 4.78 is 59.1. The van der Waals surface area contributed by atoms with Gasteiger partial charge in [-0.1, -0.05) is 6.08 Å². The Morgan fingerprint density at radius 1 is 1.42 bits per heavy atom. The van der Waals surface area contributed by atoms with E-state index < -0.39 is 22.4 Å². The van der Waals surface area contributed by atoms with E-state index in [9.17, 15) is 21.7 Å². The van der Waals surface area contributed by atoms with E-state index in [2.05, 4.69) is 11.1 Å². The summed E-state index contributed by atoms with van der Waals surface area (Å²) >= 11 is 0. The van der Waals surface area contributed by atoms with Gasteiger partial charge in [-0.2, -0.15) is 0 Å². The van der Waals surface area contributed by atoms with Gasteiger partial charge in [0.15, 0.2) is 0 Å². The third-order valence-corrected chi connectivity index (χ3v) is 2.96. The van der Waals surface area contributed by atoms with Crippen LogP contribution in [0.3, 0.4) is 0 Å². The van der Waals surface area contributed by atoms with Crippen molar-refractivity contribution in [2.45, 2.75) is 0 Å². The summed E-state index contributed by atoms with van der Waals surface area (Å²) in [4.78, 5) is 0.471. The van der Waals surface area contributed by atoms with Crippen molar-refractivity contribution in [3.63, 3.8) is 0 Å². The van der Waals surface area contributed by atoms with Crippen molar-refractivity contribution < 1.29 is 26.2 Å². The van der Waals surface area contributed by atoms with Gasteiger partial charge in [0.25, 0.3) is 0 Å². The highest BCUT2D eigenvalue weighted by atomic mass is 31.3. The van der Waals surface area contributed by atoms with Crippen LogP contribution in [0.4, 0.5) is 12.6 Å². The second-order valence-electron chi connectivity index (χ2n) is 1.63. The number of rotatable bonds is 5. The second-order valence-corrected chi connectivity index (χ2v) is 4.57. The lowest BCUT2D eigenvalue weighted by molar-refractivity contribution is 0.314. The van der Waals surface area contributed by atoms with Crippen molar-refractivity contribution >= 4 is 15.7 Å². The largest absolute Gasteiger partial charge is 0.490 e. The molecule has 0 radical (unpaired) electrons. The van der Waals surface area contributed by atoms with Gasteiger partial charge in [-0.05, 0) is 0 Å². The molecule has 0 amide bonds. The average molecular weight is 223 g/mol. The smallest absolute Gasteiger partial charge is 0.289 e. The monoisotopic (exact) mass is 223 g/mol. The van der Waals surface area contributed by atoms with Crippen LogP contribution in [0.2, 0.25) is 0 Å². The molecule has 4 nitrogen and oxygen atoms in total. The van der Waals surface area contributed by atoms with Crippen LogP contribution in [0.1, 0.15) is 0 Å². The SMILES string of the molecule is C=CCOP(=O)(F)NP(=O)(F)F. The summed E-state index contributed by atoms with van der Waals surface area (Å²) in [6, 6.07) is 0. The maximum absolute atomic E-state index is 12.3. The van der Waals surface area contributed by atoms with Gasteiger partial charge in [-0.25, -0.2) is 9.13 Å². The summed E-state index contributed by atoms with van der Waals surface area (Å²) in [5.74, 6) is 0. The molecule has 0 aromatic heterocycles. The van der Waals surface area contributed by atoms with Gasteiger partial charge < -0.3 is 0 Å². The highest BCUT2D eigenvalue weighted by Gasteiger charge is 2.34. The highest BCUT2D eigenvalue weighted by molar-refractivity contribution is 7.67. The van der Waals surface area contributed by atoms with E-state index in [1.54, 1.807) is 0 Å². The average Bonchev–Trinajstić information content (AvgIpc) is 1.78. The Bertz CT molecular complexity index is 251. The molecule has 0 bridgehead atoms. The van der Waals surface area contributed by atoms with Gasteiger partial charge in [0, 0.05) is 0 Å². The summed E-state index contributed by atoms with van der Waals surface area (Å²) in [7, 11) is -11.0. The lowest BCUT2D eigenvalue weighted by Gasteiger charge is -2.07. The molecule has 1 unspecified atom stereocenters. The molecule has 0 heterocycles. The lowest BCUT2D eigenvalue weighted by Crippen LogP contribution is -2.01. The summed E-state index contributed by atoms with van der Waals surface area (Å²) in [6.07, 6.45) is 1.01. The molecule has 0 aliphatic heterocycles. The van der Waals surface area contributed by atoms with Crippen molar-refractivity contribution in [3.8, 4) is 0 Å². The molecule has 72 valence electrons. The van der Waals surface area contributed by atoms with Gasteiger partial charge in [-0.3, -0.25) is 4.52 Å². The van der Waals surface area contributed by atoms with Crippen LogP contribution in [0.15, 0.2) is 12.7 Å². The summed E-state index contributed by atoms with van der Waals surface area (Å²) in [5, 5.41) is 0. The van der Waals surface area contributed by atoms with Crippen LogP contribution < -0.4 is 4.86 Å². The summed E-state index contributed by atoms with van der Waals surface area (Å²) in [6.45, 7) is 2.55. The van der Waals surface area contributed by atoms with Crippen LogP contribution in [0.25, 0.3) is 0 Å². The fourth-order valence-corrected chi connectivity index (χ4v) is 1.96. The Labute approximate surface area is 67.1 Å². The molecule has 0 saturated heterocycles. The van der Waals surface area contributed by atoms with Crippen LogP contribution in [-0.4, -0.2) is 6.61 Å². The first-order valence-electron chi connectivity index (χ1n) is 2.61. The molecular weight excluding hydrogens is 217 g/mol. The third-order valence-electron chi connectivity index (χ3n) is 0.594. The first-order chi connectivity index (χ1) is 5.27. The highest BCUT2D eigenvalue weighted by Crippen LogP contribution is 2.58. The molecule has 0 rings (SSSR count). The zero-order valence-electron chi connectivity index (χ0n) is 5.74. The van der Waals surface area contributed by atoms with E-state index in [-0.39, 0.29) is 0 Å². The molecule has 0 saturated carbocycles. The molecule has 12 heavy (non-hydrogen) atoms. The normalized spacial score (nSPS) is 16.9. The van der Waals surface area contributed by atoms with Gasteiger partial charge in [0.05, 0.1) is 6.61 Å². The minimum Gasteiger partial charge on any atom is -0.289 e. The first-order valence-corrected chi connectivity index (χ1v) is 5.61. The molecule has 1 atom stereocenters. The Balaban J connectivity index is 4.14. The molecule has 9 heteroatoms. The van der Waals surface area contributed by atoms with Crippen LogP contribution in [0, 0.1) is 0 Å². The van der Waals surface area contributed by atoms with E-state index in [0.29, 0.717) is 4.86 Å². The van der Waals surface area contributed by atoms with Crippen LogP contribution in [-0.2, 0) is 13.7 Å². The van der Waals surface area contributed by atoms with E-state index in [1.807, 2.05) is 0 Å². The van der Waals surface area contributed by atoms with E-state index >= 15 is 0 Å². The molecular formula is C3H6F3NO3P2. The first kappa shape index (κ1) is 11.9. The van der Waals surface area contributed by atoms with Crippen LogP contribution in [0.5, 0.6) is 0 Å². The van der Waals surface area contributed by atoms with Gasteiger partial charge in [-0.15, -0.1) is 24.0 Å². The van der Waals surface area contributed by atoms with E-state index in [4.69, 9.17) is 0 Å². The van der Waals surface area contributed by atoms with Gasteiger partial charge >= 0.3 is 15.7 Å². The number of halogens is 3. The maximum Gasteiger partial charge on any atom is 0.490 e. The Kier molecular flexibility index (Phi) is 4.20. The fourth-order valence-electron chi connectivity index (χ4n) is 0.316. The standard InChI is InChI=1S/C3H6F3NO3P2/c1-2-3-10-12(6,9)7-11(4,5)8/h2H,1,3H2,(H,7,8,9). The zero-order chi connectivity index (χ0) is 9.83. The number of nitrogens with one attached hydrogen (secondary N) is 1. The molecule has 0 aliphatic carbocycles. The lowest BCUT2D eigenvalue weighted by atomic mass is 10.7. The van der Waals surface area contributed by atoms with E-state index in [0.717, 1.165) is 6.08 Å². The van der Waals surface area contributed by atoms with Crippen molar-refractivity contribution in [1.29, 1.82) is 0 Å². The molecule has 0 aliphatic rings. The zero-order valence-corrected chi connectivity index (χ0v) is 7.53. The van der Waals surface area contributed by atoms with Crippen molar-refractivity contribution in [1.82, 2.24) is 4.86 Å². The predicted molar refractivity (Wildman–Crippen MR) is 37.8 cm³/mol. The van der Waals surface area contributed by atoms with Gasteiger partial charge in [0.2, 0.25) is 0 Å². The van der Waals surface area contributed by atoms with Crippen molar-refractivity contribution in [2.24, 2.45) is 0 Å². The Morgan fingerprint density at radius 3 is 2.25 bits per heavy atom. The Hall–Kier alpha value is -0.0900. The van der Waals surface area contributed by atoms with Gasteiger partial charge in [0.1, 0.15) is 0 Å². The second kappa shape index (κ2) is 4.23. The van der Waals surface area contributed by atoms with Crippen molar-refractivity contribution in [2.75, 3.05) is 6.61 Å². The molecule has 0 aromatic rings. The molecule has 0 spiro atoms. The molecule has 1 N–H and O–H groups in total. The number of hydrogen-bond acceptors (Lipinski definition) is 3. The third kappa shape index (κ3) is 6.61. The van der Waals surface area contributed by atoms with E-state index in [1.165, 1.54) is 0 Å². The number of hydrogen-bond donors (Lipinski definition) is 1. The van der Waals surface area contributed by atoms with Crippen LogP contribution >= 0.6 is 15.7 Å². The molecule has 0 aromatic carbocycles. The quantitative estimate of drug-likeness (QED) is 0.575. The predicted octanol–water partition coefficient (Wildman–Crippen LogP) is 2.90. The maximum atomic E-state index is 12.3. The minimum absolute atomic E-state index is 0.471. The Morgan fingerprint density at radius 2 is 1.92 bits per heavy atom. The molecule has 0 fully saturated rings.